The van der Waals surface area contributed by atoms with Crippen LogP contribution in [-0.2, 0) is 23.4 Å². The molecule has 142 valence electrons. The van der Waals surface area contributed by atoms with Crippen LogP contribution in [0.4, 0.5) is 0 Å². The molecule has 0 radical (unpaired) electrons. The zero-order chi connectivity index (χ0) is 18.7. The molecule has 0 fully saturated rings. The van der Waals surface area contributed by atoms with E-state index in [0.717, 1.165) is 42.3 Å². The van der Waals surface area contributed by atoms with Crippen molar-refractivity contribution in [3.8, 4) is 0 Å². The zero-order valence-electron chi connectivity index (χ0n) is 15.7. The number of hydrogen-bond acceptors (Lipinski definition) is 5. The van der Waals surface area contributed by atoms with Gasteiger partial charge in [-0.15, -0.1) is 23.1 Å². The second-order valence-corrected chi connectivity index (χ2v) is 9.36. The van der Waals surface area contributed by atoms with Gasteiger partial charge in [-0.1, -0.05) is 20.3 Å². The van der Waals surface area contributed by atoms with E-state index in [1.807, 2.05) is 6.92 Å². The van der Waals surface area contributed by atoms with Gasteiger partial charge < -0.3 is 10.3 Å². The Labute approximate surface area is 162 Å². The van der Waals surface area contributed by atoms with Gasteiger partial charge in [0.2, 0.25) is 5.91 Å². The summed E-state index contributed by atoms with van der Waals surface area (Å²) in [5, 5.41) is 3.78. The average Bonchev–Trinajstić information content (AvgIpc) is 2.92. The van der Waals surface area contributed by atoms with Crippen molar-refractivity contribution in [1.82, 2.24) is 15.3 Å². The van der Waals surface area contributed by atoms with Crippen LogP contribution in [-0.4, -0.2) is 27.7 Å². The number of nitrogens with zero attached hydrogens (tertiary/aromatic N) is 1. The third kappa shape index (κ3) is 4.49. The standard InChI is InChI=1S/C19H27N3O2S2/c1-4-5-12(3)20-16(23)10-25-9-15-21-18(24)17-13-7-6-11(2)8-14(13)26-19(17)22-15/h11-12H,4-10H2,1-3H3,(H,20,23)(H,21,22,24)/t11-,12+/m0/s1. The first-order valence-corrected chi connectivity index (χ1v) is 11.4. The second-order valence-electron chi connectivity index (χ2n) is 7.29. The van der Waals surface area contributed by atoms with Crippen LogP contribution in [0.2, 0.25) is 0 Å². The van der Waals surface area contributed by atoms with Crippen molar-refractivity contribution >= 4 is 39.2 Å². The topological polar surface area (TPSA) is 74.8 Å². The number of H-pyrrole nitrogens is 1. The fourth-order valence-corrected chi connectivity index (χ4v) is 5.63. The highest BCUT2D eigenvalue weighted by Crippen LogP contribution is 2.35. The molecule has 0 saturated heterocycles. The first kappa shape index (κ1) is 19.4. The molecule has 7 heteroatoms. The van der Waals surface area contributed by atoms with Gasteiger partial charge in [0.25, 0.3) is 5.56 Å². The molecule has 2 aromatic rings. The lowest BCUT2D eigenvalue weighted by Gasteiger charge is -2.17. The number of aromatic nitrogens is 2. The minimum absolute atomic E-state index is 0.0290. The fourth-order valence-electron chi connectivity index (χ4n) is 3.52. The van der Waals surface area contributed by atoms with E-state index in [9.17, 15) is 9.59 Å². The molecule has 0 spiro atoms. The quantitative estimate of drug-likeness (QED) is 0.753. The zero-order valence-corrected chi connectivity index (χ0v) is 17.3. The van der Waals surface area contributed by atoms with Crippen LogP contribution >= 0.6 is 23.1 Å². The monoisotopic (exact) mass is 393 g/mol. The number of aromatic amines is 1. The first-order valence-electron chi connectivity index (χ1n) is 9.38. The molecule has 2 aromatic heterocycles. The molecular formula is C19H27N3O2S2. The minimum atomic E-state index is -0.0290. The lowest BCUT2D eigenvalue weighted by molar-refractivity contribution is -0.119. The summed E-state index contributed by atoms with van der Waals surface area (Å²) in [5.41, 5.74) is 1.18. The third-order valence-electron chi connectivity index (χ3n) is 4.82. The van der Waals surface area contributed by atoms with Crippen molar-refractivity contribution in [2.75, 3.05) is 5.75 Å². The van der Waals surface area contributed by atoms with E-state index < -0.39 is 0 Å². The summed E-state index contributed by atoms with van der Waals surface area (Å²) in [7, 11) is 0. The molecule has 0 unspecified atom stereocenters. The summed E-state index contributed by atoms with van der Waals surface area (Å²) >= 11 is 3.15. The maximum absolute atomic E-state index is 12.6. The Bertz CT molecular complexity index is 843. The number of aryl methyl sites for hydroxylation is 1. The number of carbonyl (C=O) groups excluding carboxylic acids is 1. The molecule has 2 atom stereocenters. The molecule has 26 heavy (non-hydrogen) atoms. The average molecular weight is 394 g/mol. The Morgan fingerprint density at radius 1 is 1.50 bits per heavy atom. The van der Waals surface area contributed by atoms with Gasteiger partial charge in [-0.2, -0.15) is 0 Å². The molecule has 0 bridgehead atoms. The van der Waals surface area contributed by atoms with Gasteiger partial charge in [0.1, 0.15) is 10.7 Å². The van der Waals surface area contributed by atoms with Crippen molar-refractivity contribution in [2.45, 2.75) is 64.7 Å². The molecule has 5 nitrogen and oxygen atoms in total. The van der Waals surface area contributed by atoms with Crippen LogP contribution in [0.25, 0.3) is 10.2 Å². The van der Waals surface area contributed by atoms with Crippen LogP contribution in [0.3, 0.4) is 0 Å². The van der Waals surface area contributed by atoms with E-state index in [2.05, 4.69) is 29.1 Å². The predicted octanol–water partition coefficient (Wildman–Crippen LogP) is 3.65. The Hall–Kier alpha value is -1.34. The van der Waals surface area contributed by atoms with Crippen molar-refractivity contribution < 1.29 is 4.79 Å². The molecule has 0 aromatic carbocycles. The molecular weight excluding hydrogens is 366 g/mol. The van der Waals surface area contributed by atoms with E-state index in [1.165, 1.54) is 22.2 Å². The number of carbonyl (C=O) groups is 1. The molecule has 0 aliphatic heterocycles. The summed E-state index contributed by atoms with van der Waals surface area (Å²) in [4.78, 5) is 34.3. The van der Waals surface area contributed by atoms with E-state index in [4.69, 9.17) is 0 Å². The lowest BCUT2D eigenvalue weighted by Crippen LogP contribution is -2.33. The second kappa shape index (κ2) is 8.57. The third-order valence-corrected chi connectivity index (χ3v) is 6.91. The largest absolute Gasteiger partial charge is 0.353 e. The van der Waals surface area contributed by atoms with Crippen molar-refractivity contribution in [2.24, 2.45) is 5.92 Å². The van der Waals surface area contributed by atoms with Gasteiger partial charge >= 0.3 is 0 Å². The Kier molecular flexibility index (Phi) is 6.40. The molecule has 1 aliphatic rings. The highest BCUT2D eigenvalue weighted by Gasteiger charge is 2.23. The van der Waals surface area contributed by atoms with Crippen LogP contribution < -0.4 is 10.9 Å². The van der Waals surface area contributed by atoms with Gasteiger partial charge in [0.15, 0.2) is 0 Å². The molecule has 1 aliphatic carbocycles. The SMILES string of the molecule is CCC[C@@H](C)NC(=O)CSCc1nc2sc3c(c2c(=O)[nH]1)CC[C@H](C)C3. The molecule has 2 heterocycles. The summed E-state index contributed by atoms with van der Waals surface area (Å²) in [5.74, 6) is 2.31. The maximum atomic E-state index is 12.6. The summed E-state index contributed by atoms with van der Waals surface area (Å²) in [6.45, 7) is 6.40. The van der Waals surface area contributed by atoms with Gasteiger partial charge in [0, 0.05) is 10.9 Å². The summed E-state index contributed by atoms with van der Waals surface area (Å²) in [6, 6.07) is 0.210. The normalized spacial score (nSPS) is 17.9. The summed E-state index contributed by atoms with van der Waals surface area (Å²) < 4.78 is 0. The maximum Gasteiger partial charge on any atom is 0.259 e. The molecule has 2 N–H and O–H groups in total. The Balaban J connectivity index is 1.64. The number of fused-ring (bicyclic) bond motifs is 3. The van der Waals surface area contributed by atoms with E-state index >= 15 is 0 Å². The number of nitrogens with one attached hydrogen (secondary N) is 2. The van der Waals surface area contributed by atoms with Crippen molar-refractivity contribution in [1.29, 1.82) is 0 Å². The van der Waals surface area contributed by atoms with Gasteiger partial charge in [0.05, 0.1) is 16.9 Å². The predicted molar refractivity (Wildman–Crippen MR) is 110 cm³/mol. The smallest absolute Gasteiger partial charge is 0.259 e. The lowest BCUT2D eigenvalue weighted by atomic mass is 9.89. The Morgan fingerprint density at radius 2 is 2.31 bits per heavy atom. The van der Waals surface area contributed by atoms with Crippen LogP contribution in [0, 0.1) is 5.92 Å². The van der Waals surface area contributed by atoms with Crippen LogP contribution in [0.15, 0.2) is 4.79 Å². The molecule has 0 saturated carbocycles. The van der Waals surface area contributed by atoms with E-state index in [-0.39, 0.29) is 17.5 Å². The van der Waals surface area contributed by atoms with Crippen molar-refractivity contribution in [3.05, 3.63) is 26.6 Å². The van der Waals surface area contributed by atoms with Gasteiger partial charge in [-0.25, -0.2) is 4.98 Å². The minimum Gasteiger partial charge on any atom is -0.353 e. The van der Waals surface area contributed by atoms with Gasteiger partial charge in [-0.3, -0.25) is 9.59 Å². The van der Waals surface area contributed by atoms with E-state index in [1.54, 1.807) is 11.3 Å². The van der Waals surface area contributed by atoms with Crippen molar-refractivity contribution in [3.63, 3.8) is 0 Å². The fraction of sp³-hybridized carbons (Fsp3) is 0.632. The van der Waals surface area contributed by atoms with Gasteiger partial charge in [-0.05, 0) is 44.1 Å². The Morgan fingerprint density at radius 3 is 3.08 bits per heavy atom. The van der Waals surface area contributed by atoms with Crippen LogP contribution in [0.5, 0.6) is 0 Å². The first-order chi connectivity index (χ1) is 12.5. The van der Waals surface area contributed by atoms with E-state index in [0.29, 0.717) is 23.2 Å². The number of hydrogen-bond donors (Lipinski definition) is 2. The summed E-state index contributed by atoms with van der Waals surface area (Å²) in [6.07, 6.45) is 5.22. The number of amides is 1. The van der Waals surface area contributed by atoms with Crippen LogP contribution in [0.1, 0.15) is 56.3 Å². The highest BCUT2D eigenvalue weighted by molar-refractivity contribution is 7.99. The number of thioether (sulfide) groups is 1. The highest BCUT2D eigenvalue weighted by atomic mass is 32.2. The molecule has 3 rings (SSSR count). The number of thiophene rings is 1. The number of rotatable bonds is 7. The molecule has 1 amide bonds.